The van der Waals surface area contributed by atoms with Gasteiger partial charge in [0.2, 0.25) is 12.1 Å². The first-order chi connectivity index (χ1) is 19.2. The van der Waals surface area contributed by atoms with Gasteiger partial charge in [0.25, 0.3) is 0 Å². The molecule has 228 valence electrons. The topological polar surface area (TPSA) is 161 Å². The first kappa shape index (κ1) is 28.3. The fourth-order valence-electron chi connectivity index (χ4n) is 10.3. The minimum absolute atomic E-state index is 0.0827. The molecular weight excluding hydrogens is 536 g/mol. The molecule has 0 spiro atoms. The summed E-state index contributed by atoms with van der Waals surface area (Å²) < 4.78 is 29.2. The van der Waals surface area contributed by atoms with E-state index in [1.54, 1.807) is 6.92 Å². The molecule has 4 N–H and O–H groups in total. The van der Waals surface area contributed by atoms with Crippen LogP contribution in [0.1, 0.15) is 65.7 Å². The second kappa shape index (κ2) is 8.81. The van der Waals surface area contributed by atoms with Gasteiger partial charge in [-0.25, -0.2) is 4.79 Å². The Morgan fingerprint density at radius 2 is 1.78 bits per heavy atom. The lowest BCUT2D eigenvalue weighted by molar-refractivity contribution is -0.464. The number of esters is 1. The van der Waals surface area contributed by atoms with Crippen molar-refractivity contribution in [3.05, 3.63) is 11.6 Å². The van der Waals surface area contributed by atoms with Crippen LogP contribution in [0, 0.1) is 28.6 Å². The molecule has 0 aromatic rings. The third kappa shape index (κ3) is 3.43. The molecule has 7 rings (SSSR count). The van der Waals surface area contributed by atoms with Crippen molar-refractivity contribution in [1.82, 2.24) is 0 Å². The first-order valence-corrected chi connectivity index (χ1v) is 15.0. The number of ketones is 1. The summed E-state index contributed by atoms with van der Waals surface area (Å²) in [6.45, 7) is 5.54. The van der Waals surface area contributed by atoms with Gasteiger partial charge in [0.15, 0.2) is 5.78 Å². The highest BCUT2D eigenvalue weighted by Gasteiger charge is 2.77. The molecule has 3 aliphatic heterocycles. The van der Waals surface area contributed by atoms with Crippen molar-refractivity contribution in [1.29, 1.82) is 0 Å². The molecule has 6 fully saturated rings. The molecule has 0 amide bonds. The maximum absolute atomic E-state index is 14.2. The first-order valence-electron chi connectivity index (χ1n) is 15.0. The number of aliphatic hydroxyl groups is 4. The molecule has 0 radical (unpaired) electrons. The minimum atomic E-state index is -1.85. The summed E-state index contributed by atoms with van der Waals surface area (Å²) in [7, 11) is 1.50. The monoisotopic (exact) mass is 578 g/mol. The maximum Gasteiger partial charge on any atom is 0.331 e. The van der Waals surface area contributed by atoms with Gasteiger partial charge in [-0.1, -0.05) is 6.92 Å². The summed E-state index contributed by atoms with van der Waals surface area (Å²) in [6, 6.07) is 0. The van der Waals surface area contributed by atoms with E-state index < -0.39 is 88.0 Å². The molecule has 2 saturated heterocycles. The lowest BCUT2D eigenvalue weighted by Crippen LogP contribution is -2.76. The third-order valence-corrected chi connectivity index (χ3v) is 12.6. The van der Waals surface area contributed by atoms with Gasteiger partial charge in [0, 0.05) is 37.4 Å². The number of fused-ring (bicyclic) bond motifs is 7. The van der Waals surface area contributed by atoms with Crippen molar-refractivity contribution in [2.24, 2.45) is 28.6 Å². The van der Waals surface area contributed by atoms with Crippen LogP contribution in [0.5, 0.6) is 0 Å². The van der Waals surface area contributed by atoms with Crippen LogP contribution in [0.15, 0.2) is 11.6 Å². The van der Waals surface area contributed by atoms with Crippen molar-refractivity contribution >= 4 is 11.8 Å². The summed E-state index contributed by atoms with van der Waals surface area (Å²) in [6.07, 6.45) is -0.899. The molecule has 41 heavy (non-hydrogen) atoms. The Bertz CT molecular complexity index is 1190. The highest BCUT2D eigenvalue weighted by atomic mass is 16.8. The molecule has 11 nitrogen and oxygen atoms in total. The van der Waals surface area contributed by atoms with Crippen LogP contribution < -0.4 is 0 Å². The highest BCUT2D eigenvalue weighted by Crippen LogP contribution is 2.70. The number of hydrogen-bond donors (Lipinski definition) is 4. The minimum Gasteiger partial charge on any atom is -0.458 e. The second-order valence-corrected chi connectivity index (χ2v) is 14.2. The van der Waals surface area contributed by atoms with E-state index in [9.17, 15) is 30.0 Å². The van der Waals surface area contributed by atoms with Crippen LogP contribution in [0.2, 0.25) is 0 Å². The Hall–Kier alpha value is -1.44. The average Bonchev–Trinajstić information content (AvgIpc) is 3.46. The van der Waals surface area contributed by atoms with Crippen molar-refractivity contribution in [2.75, 3.05) is 13.7 Å². The second-order valence-electron chi connectivity index (χ2n) is 14.2. The summed E-state index contributed by atoms with van der Waals surface area (Å²) >= 11 is 0. The molecule has 11 heteroatoms. The van der Waals surface area contributed by atoms with Crippen molar-refractivity contribution in [2.45, 2.75) is 120 Å². The van der Waals surface area contributed by atoms with E-state index in [0.29, 0.717) is 37.7 Å². The Kier molecular flexibility index (Phi) is 6.09. The molecule has 14 atom stereocenters. The van der Waals surface area contributed by atoms with E-state index in [0.717, 1.165) is 0 Å². The Labute approximate surface area is 239 Å². The SMILES string of the molecule is COC1CC(C)OC2OC3CC4(O)CCC5C(C(O)C(=O)C6(C)C(C7=CC(=O)OC7)CCC56O)C4(C)CC3OC12O. The number of hydrogen-bond acceptors (Lipinski definition) is 11. The fraction of sp³-hybridized carbons (Fsp3) is 0.867. The van der Waals surface area contributed by atoms with Gasteiger partial charge in [-0.3, -0.25) is 4.79 Å². The molecule has 0 bridgehead atoms. The lowest BCUT2D eigenvalue weighted by Gasteiger charge is -2.68. The number of carbonyl (C=O) groups is 2. The van der Waals surface area contributed by atoms with Crippen LogP contribution in [-0.2, 0) is 33.3 Å². The zero-order valence-corrected chi connectivity index (χ0v) is 24.1. The molecule has 3 heterocycles. The van der Waals surface area contributed by atoms with E-state index in [-0.39, 0.29) is 25.6 Å². The highest BCUT2D eigenvalue weighted by molar-refractivity contribution is 5.93. The summed E-state index contributed by atoms with van der Waals surface area (Å²) in [5.74, 6) is -4.43. The van der Waals surface area contributed by atoms with Crippen molar-refractivity contribution in [3.63, 3.8) is 0 Å². The lowest BCUT2D eigenvalue weighted by atomic mass is 9.40. The molecule has 7 aliphatic rings. The van der Waals surface area contributed by atoms with E-state index in [4.69, 9.17) is 23.7 Å². The van der Waals surface area contributed by atoms with Crippen LogP contribution >= 0.6 is 0 Å². The van der Waals surface area contributed by atoms with Gasteiger partial charge in [-0.2, -0.15) is 0 Å². The fourth-order valence-corrected chi connectivity index (χ4v) is 10.3. The Balaban J connectivity index is 1.24. The van der Waals surface area contributed by atoms with Crippen LogP contribution in [0.25, 0.3) is 0 Å². The molecule has 4 saturated carbocycles. The molecule has 0 aromatic heterocycles. The van der Waals surface area contributed by atoms with Gasteiger partial charge >= 0.3 is 5.97 Å². The van der Waals surface area contributed by atoms with Crippen LogP contribution in [-0.4, -0.2) is 99.7 Å². The van der Waals surface area contributed by atoms with E-state index >= 15 is 0 Å². The maximum atomic E-state index is 14.2. The number of aliphatic hydroxyl groups excluding tert-OH is 1. The standard InChI is InChI=1S/C30H42O11/c1-14-9-20(37-4)30(36)25(39-14)40-18-12-28(34)7-5-17-22(26(28,2)11-19(18)41-30)23(32)24(33)27(3)16(6-8-29(17,27)35)15-10-21(31)38-13-15/h10,14,16-20,22-23,25,32,34-36H,5-9,11-13H2,1-4H3. The van der Waals surface area contributed by atoms with E-state index in [1.807, 2.05) is 13.8 Å². The summed E-state index contributed by atoms with van der Waals surface area (Å²) in [5, 5.41) is 48.1. The zero-order valence-electron chi connectivity index (χ0n) is 24.1. The summed E-state index contributed by atoms with van der Waals surface area (Å²) in [5.41, 5.74) is -4.41. The van der Waals surface area contributed by atoms with Crippen LogP contribution in [0.3, 0.4) is 0 Å². The van der Waals surface area contributed by atoms with Crippen LogP contribution in [0.4, 0.5) is 0 Å². The number of Topliss-reactive ketones (excluding diaryl/α,β-unsaturated/α-hetero) is 1. The normalized spacial score (nSPS) is 58.0. The van der Waals surface area contributed by atoms with Crippen molar-refractivity contribution < 1.29 is 53.7 Å². The van der Waals surface area contributed by atoms with Gasteiger partial charge in [0.05, 0.1) is 34.9 Å². The molecule has 0 aromatic carbocycles. The van der Waals surface area contributed by atoms with E-state index in [2.05, 4.69) is 0 Å². The number of ether oxygens (including phenoxy) is 5. The quantitative estimate of drug-likeness (QED) is 0.270. The van der Waals surface area contributed by atoms with Crippen molar-refractivity contribution in [3.8, 4) is 0 Å². The predicted molar refractivity (Wildman–Crippen MR) is 139 cm³/mol. The largest absolute Gasteiger partial charge is 0.458 e. The van der Waals surface area contributed by atoms with E-state index in [1.165, 1.54) is 13.2 Å². The average molecular weight is 579 g/mol. The number of carbonyl (C=O) groups excluding carboxylic acids is 2. The predicted octanol–water partition coefficient (Wildman–Crippen LogP) is 0.741. The Morgan fingerprint density at radius 3 is 2.46 bits per heavy atom. The molecule has 14 unspecified atom stereocenters. The van der Waals surface area contributed by atoms with Gasteiger partial charge < -0.3 is 44.1 Å². The summed E-state index contributed by atoms with van der Waals surface area (Å²) in [4.78, 5) is 26.1. The van der Waals surface area contributed by atoms with Gasteiger partial charge in [-0.15, -0.1) is 0 Å². The molecule has 4 aliphatic carbocycles. The molecular formula is C30H42O11. The number of cyclic esters (lactones) is 1. The number of rotatable bonds is 2. The van der Waals surface area contributed by atoms with Gasteiger partial charge in [0.1, 0.15) is 18.8 Å². The number of methoxy groups -OCH3 is 1. The Morgan fingerprint density at radius 1 is 1.02 bits per heavy atom. The zero-order chi connectivity index (χ0) is 29.3. The van der Waals surface area contributed by atoms with Gasteiger partial charge in [-0.05, 0) is 63.4 Å². The third-order valence-electron chi connectivity index (χ3n) is 12.6. The smallest absolute Gasteiger partial charge is 0.331 e.